The zero-order valence-electron chi connectivity index (χ0n) is 30.0. The SMILES string of the molecule is CCCc1nn(-c2cccc(Oc3ccc4c5ccccc5n(-c5cc(C(C)(C)C)ccn5)c4c3)c2)c(C(C)(C)C)c1-c1ccc(C)cc1. The summed E-state index contributed by atoms with van der Waals surface area (Å²) in [5.41, 5.74) is 10.3. The number of rotatable bonds is 7. The topological polar surface area (TPSA) is 44.9 Å². The average molecular weight is 647 g/mol. The second kappa shape index (κ2) is 12.4. The van der Waals surface area contributed by atoms with Gasteiger partial charge in [-0.3, -0.25) is 4.57 Å². The van der Waals surface area contributed by atoms with Gasteiger partial charge in [0.25, 0.3) is 0 Å². The molecule has 0 saturated heterocycles. The third-order valence-electron chi connectivity index (χ3n) is 9.28. The van der Waals surface area contributed by atoms with Gasteiger partial charge in [-0.25, -0.2) is 9.67 Å². The Morgan fingerprint density at radius 1 is 0.694 bits per heavy atom. The van der Waals surface area contributed by atoms with Gasteiger partial charge in [-0.05, 0) is 72.4 Å². The van der Waals surface area contributed by atoms with Gasteiger partial charge >= 0.3 is 0 Å². The average Bonchev–Trinajstić information content (AvgIpc) is 3.61. The fourth-order valence-electron chi connectivity index (χ4n) is 6.86. The Morgan fingerprint density at radius 3 is 2.16 bits per heavy atom. The molecular formula is C44H46N4O. The van der Waals surface area contributed by atoms with E-state index in [9.17, 15) is 0 Å². The van der Waals surface area contributed by atoms with Gasteiger partial charge in [-0.15, -0.1) is 0 Å². The number of ether oxygens (including phenoxy) is 1. The quantitative estimate of drug-likeness (QED) is 0.173. The van der Waals surface area contributed by atoms with Crippen LogP contribution in [-0.4, -0.2) is 19.3 Å². The van der Waals surface area contributed by atoms with E-state index >= 15 is 0 Å². The highest BCUT2D eigenvalue weighted by atomic mass is 16.5. The van der Waals surface area contributed by atoms with E-state index in [4.69, 9.17) is 14.8 Å². The van der Waals surface area contributed by atoms with E-state index in [0.717, 1.165) is 58.0 Å². The summed E-state index contributed by atoms with van der Waals surface area (Å²) in [5.74, 6) is 2.43. The number of aryl methyl sites for hydroxylation is 2. The number of fused-ring (bicyclic) bond motifs is 3. The van der Waals surface area contributed by atoms with Crippen molar-refractivity contribution in [3.05, 3.63) is 132 Å². The highest BCUT2D eigenvalue weighted by molar-refractivity contribution is 6.09. The summed E-state index contributed by atoms with van der Waals surface area (Å²) in [6.45, 7) is 17.9. The van der Waals surface area contributed by atoms with Crippen molar-refractivity contribution in [1.82, 2.24) is 19.3 Å². The van der Waals surface area contributed by atoms with E-state index in [-0.39, 0.29) is 10.8 Å². The summed E-state index contributed by atoms with van der Waals surface area (Å²) in [5, 5.41) is 7.62. The Morgan fingerprint density at radius 2 is 1.43 bits per heavy atom. The molecule has 0 fully saturated rings. The summed E-state index contributed by atoms with van der Waals surface area (Å²) in [4.78, 5) is 4.84. The normalized spacial score (nSPS) is 12.2. The largest absolute Gasteiger partial charge is 0.457 e. The van der Waals surface area contributed by atoms with Gasteiger partial charge in [0.1, 0.15) is 17.3 Å². The molecule has 3 aromatic heterocycles. The smallest absolute Gasteiger partial charge is 0.137 e. The van der Waals surface area contributed by atoms with Crippen molar-refractivity contribution in [1.29, 1.82) is 0 Å². The molecule has 0 aliphatic heterocycles. The summed E-state index contributed by atoms with van der Waals surface area (Å²) < 4.78 is 11.0. The number of para-hydroxylation sites is 1. The molecule has 0 saturated carbocycles. The number of hydrogen-bond acceptors (Lipinski definition) is 3. The van der Waals surface area contributed by atoms with E-state index in [1.54, 1.807) is 0 Å². The lowest BCUT2D eigenvalue weighted by molar-refractivity contribution is 0.482. The molecule has 7 rings (SSSR count). The highest BCUT2D eigenvalue weighted by Gasteiger charge is 2.29. The molecule has 0 atom stereocenters. The van der Waals surface area contributed by atoms with Gasteiger partial charge in [-0.2, -0.15) is 5.10 Å². The van der Waals surface area contributed by atoms with Crippen LogP contribution in [0.5, 0.6) is 11.5 Å². The first kappa shape index (κ1) is 32.4. The van der Waals surface area contributed by atoms with E-state index in [1.165, 1.54) is 33.3 Å². The van der Waals surface area contributed by atoms with Crippen molar-refractivity contribution in [2.45, 2.75) is 79.1 Å². The molecule has 0 bridgehead atoms. The second-order valence-corrected chi connectivity index (χ2v) is 15.2. The van der Waals surface area contributed by atoms with E-state index in [1.807, 2.05) is 12.3 Å². The Bertz CT molecular complexity index is 2290. The molecule has 0 amide bonds. The van der Waals surface area contributed by atoms with Gasteiger partial charge in [0.2, 0.25) is 0 Å². The summed E-state index contributed by atoms with van der Waals surface area (Å²) in [6.07, 6.45) is 3.86. The minimum Gasteiger partial charge on any atom is -0.457 e. The minimum absolute atomic E-state index is 0.00930. The lowest BCUT2D eigenvalue weighted by Crippen LogP contribution is -2.18. The molecule has 0 radical (unpaired) electrons. The van der Waals surface area contributed by atoms with Crippen LogP contribution in [0.2, 0.25) is 0 Å². The number of aromatic nitrogens is 4. The molecule has 0 aliphatic carbocycles. The first-order chi connectivity index (χ1) is 23.4. The zero-order chi connectivity index (χ0) is 34.5. The van der Waals surface area contributed by atoms with Crippen LogP contribution < -0.4 is 4.74 Å². The van der Waals surface area contributed by atoms with Crippen LogP contribution in [0.3, 0.4) is 0 Å². The summed E-state index contributed by atoms with van der Waals surface area (Å²) >= 11 is 0. The highest BCUT2D eigenvalue weighted by Crippen LogP contribution is 2.40. The molecule has 3 heterocycles. The fourth-order valence-corrected chi connectivity index (χ4v) is 6.86. The third-order valence-corrected chi connectivity index (χ3v) is 9.28. The predicted octanol–water partition coefficient (Wildman–Crippen LogP) is 11.7. The second-order valence-electron chi connectivity index (χ2n) is 15.2. The molecule has 5 nitrogen and oxygen atoms in total. The molecule has 0 N–H and O–H groups in total. The first-order valence-electron chi connectivity index (χ1n) is 17.4. The Kier molecular flexibility index (Phi) is 8.18. The van der Waals surface area contributed by atoms with Crippen molar-refractivity contribution >= 4 is 21.8 Å². The maximum atomic E-state index is 6.65. The minimum atomic E-state index is -0.146. The summed E-state index contributed by atoms with van der Waals surface area (Å²) in [6, 6.07) is 36.4. The van der Waals surface area contributed by atoms with Crippen LogP contribution in [0.25, 0.3) is 44.4 Å². The Labute approximate surface area is 290 Å². The third kappa shape index (κ3) is 6.14. The maximum absolute atomic E-state index is 6.65. The van der Waals surface area contributed by atoms with Crippen LogP contribution in [0.1, 0.15) is 77.4 Å². The van der Waals surface area contributed by atoms with Crippen molar-refractivity contribution in [2.75, 3.05) is 0 Å². The van der Waals surface area contributed by atoms with Crippen LogP contribution in [-0.2, 0) is 17.3 Å². The standard InChI is InChI=1S/C44H46N4O/c1-9-13-37-41(30-20-18-29(2)19-21-30)42(44(6,7)8)48(46-37)32-14-12-15-33(27-32)49-34-22-23-36-35-16-10-11-17-38(35)47(39(36)28-34)40-26-31(24-25-45-40)43(3,4)5/h10-12,14-28H,9,13H2,1-8H3. The van der Waals surface area contributed by atoms with Crippen molar-refractivity contribution in [3.63, 3.8) is 0 Å². The van der Waals surface area contributed by atoms with Gasteiger partial charge in [0.15, 0.2) is 0 Å². The van der Waals surface area contributed by atoms with Crippen LogP contribution >= 0.6 is 0 Å². The molecular weight excluding hydrogens is 601 g/mol. The number of hydrogen-bond donors (Lipinski definition) is 0. The Balaban J connectivity index is 1.32. The maximum Gasteiger partial charge on any atom is 0.137 e. The zero-order valence-corrected chi connectivity index (χ0v) is 30.0. The number of nitrogens with zero attached hydrogens (tertiary/aromatic N) is 4. The van der Waals surface area contributed by atoms with Crippen LogP contribution in [0.15, 0.2) is 109 Å². The van der Waals surface area contributed by atoms with Crippen molar-refractivity contribution in [3.8, 4) is 34.1 Å². The molecule has 49 heavy (non-hydrogen) atoms. The van der Waals surface area contributed by atoms with Gasteiger partial charge in [-0.1, -0.05) is 109 Å². The van der Waals surface area contributed by atoms with Crippen LogP contribution in [0, 0.1) is 6.92 Å². The van der Waals surface area contributed by atoms with E-state index < -0.39 is 0 Å². The van der Waals surface area contributed by atoms with Crippen molar-refractivity contribution in [2.24, 2.45) is 0 Å². The van der Waals surface area contributed by atoms with Gasteiger partial charge < -0.3 is 4.74 Å². The molecule has 0 aliphatic rings. The molecule has 4 aromatic carbocycles. The van der Waals surface area contributed by atoms with Crippen molar-refractivity contribution < 1.29 is 4.74 Å². The van der Waals surface area contributed by atoms with E-state index in [0.29, 0.717) is 0 Å². The molecule has 0 spiro atoms. The molecule has 5 heteroatoms. The van der Waals surface area contributed by atoms with E-state index in [2.05, 4.69) is 162 Å². The monoisotopic (exact) mass is 646 g/mol. The van der Waals surface area contributed by atoms with Crippen LogP contribution in [0.4, 0.5) is 0 Å². The van der Waals surface area contributed by atoms with Gasteiger partial charge in [0, 0.05) is 40.1 Å². The molecule has 248 valence electrons. The predicted molar refractivity (Wildman–Crippen MR) is 204 cm³/mol. The molecule has 7 aromatic rings. The number of benzene rings is 4. The summed E-state index contributed by atoms with van der Waals surface area (Å²) in [7, 11) is 0. The lowest BCUT2D eigenvalue weighted by Gasteiger charge is -2.23. The van der Waals surface area contributed by atoms with Gasteiger partial charge in [0.05, 0.1) is 28.1 Å². The Hall–Kier alpha value is -5.16. The fraction of sp³-hybridized carbons (Fsp3) is 0.273. The number of pyridine rings is 1. The first-order valence-corrected chi connectivity index (χ1v) is 17.4. The lowest BCUT2D eigenvalue weighted by atomic mass is 9.85. The molecule has 0 unspecified atom stereocenters.